The molecule has 0 unspecified atom stereocenters. The first-order chi connectivity index (χ1) is 11.7. The van der Waals surface area contributed by atoms with Crippen LogP contribution in [-0.4, -0.2) is 11.0 Å². The SMILES string of the molecule is CCCCc1ccc(NC(=O)C[n+]2cc3ccccc3cn2)cc1. The van der Waals surface area contributed by atoms with Crippen molar-refractivity contribution in [3.8, 4) is 0 Å². The average molecular weight is 320 g/mol. The van der Waals surface area contributed by atoms with Crippen molar-refractivity contribution in [1.82, 2.24) is 5.10 Å². The van der Waals surface area contributed by atoms with Crippen LogP contribution in [0.4, 0.5) is 5.69 Å². The Morgan fingerprint density at radius 2 is 1.83 bits per heavy atom. The van der Waals surface area contributed by atoms with Crippen LogP contribution in [0.2, 0.25) is 0 Å². The number of aryl methyl sites for hydroxylation is 1. The largest absolute Gasteiger partial charge is 0.321 e. The molecule has 1 heterocycles. The zero-order valence-corrected chi connectivity index (χ0v) is 13.9. The molecule has 4 nitrogen and oxygen atoms in total. The van der Waals surface area contributed by atoms with Crippen molar-refractivity contribution in [1.29, 1.82) is 0 Å². The Labute approximate surface area is 142 Å². The van der Waals surface area contributed by atoms with Gasteiger partial charge in [-0.25, -0.2) is 0 Å². The summed E-state index contributed by atoms with van der Waals surface area (Å²) in [5.74, 6) is -0.0795. The molecule has 0 spiro atoms. The molecule has 1 amide bonds. The van der Waals surface area contributed by atoms with Crippen LogP contribution in [0.1, 0.15) is 25.3 Å². The van der Waals surface area contributed by atoms with Crippen molar-refractivity contribution in [3.63, 3.8) is 0 Å². The number of aromatic nitrogens is 2. The van der Waals surface area contributed by atoms with E-state index < -0.39 is 0 Å². The Morgan fingerprint density at radius 3 is 2.58 bits per heavy atom. The first-order valence-corrected chi connectivity index (χ1v) is 8.38. The lowest BCUT2D eigenvalue weighted by molar-refractivity contribution is -0.740. The van der Waals surface area contributed by atoms with Gasteiger partial charge in [0.05, 0.1) is 0 Å². The molecule has 0 aliphatic carbocycles. The summed E-state index contributed by atoms with van der Waals surface area (Å²) in [6, 6.07) is 16.0. The van der Waals surface area contributed by atoms with Crippen LogP contribution < -0.4 is 10.00 Å². The van der Waals surface area contributed by atoms with E-state index in [1.807, 2.05) is 42.6 Å². The second-order valence-electron chi connectivity index (χ2n) is 5.95. The summed E-state index contributed by atoms with van der Waals surface area (Å²) in [6.07, 6.45) is 7.14. The fourth-order valence-electron chi connectivity index (χ4n) is 2.65. The number of nitrogens with one attached hydrogen (secondary N) is 1. The number of benzene rings is 2. The van der Waals surface area contributed by atoms with Crippen LogP contribution in [0.15, 0.2) is 60.9 Å². The van der Waals surface area contributed by atoms with E-state index in [2.05, 4.69) is 29.5 Å². The van der Waals surface area contributed by atoms with Gasteiger partial charge in [-0.1, -0.05) is 48.4 Å². The number of anilines is 1. The number of hydrogen-bond acceptors (Lipinski definition) is 2. The zero-order valence-electron chi connectivity index (χ0n) is 13.9. The minimum absolute atomic E-state index is 0.0795. The number of carbonyl (C=O) groups excluding carboxylic acids is 1. The molecule has 0 bridgehead atoms. The van der Waals surface area contributed by atoms with E-state index in [1.54, 1.807) is 10.9 Å². The van der Waals surface area contributed by atoms with Crippen LogP contribution in [0.5, 0.6) is 0 Å². The zero-order chi connectivity index (χ0) is 16.8. The molecule has 1 N–H and O–H groups in total. The molecule has 0 radical (unpaired) electrons. The van der Waals surface area contributed by atoms with Crippen molar-refractivity contribution in [2.75, 3.05) is 5.32 Å². The Hall–Kier alpha value is -2.75. The minimum atomic E-state index is -0.0795. The number of hydrogen-bond donors (Lipinski definition) is 1. The van der Waals surface area contributed by atoms with Gasteiger partial charge in [0.2, 0.25) is 6.20 Å². The summed E-state index contributed by atoms with van der Waals surface area (Å²) in [4.78, 5) is 12.2. The smallest absolute Gasteiger partial charge is 0.292 e. The van der Waals surface area contributed by atoms with E-state index in [4.69, 9.17) is 0 Å². The number of amides is 1. The van der Waals surface area contributed by atoms with E-state index in [9.17, 15) is 4.79 Å². The number of fused-ring (bicyclic) bond motifs is 1. The number of carbonyl (C=O) groups is 1. The fraction of sp³-hybridized carbons (Fsp3) is 0.250. The molecule has 0 atom stereocenters. The summed E-state index contributed by atoms with van der Waals surface area (Å²) in [5, 5.41) is 9.35. The van der Waals surface area contributed by atoms with Crippen molar-refractivity contribution in [3.05, 3.63) is 66.5 Å². The fourth-order valence-corrected chi connectivity index (χ4v) is 2.65. The predicted octanol–water partition coefficient (Wildman–Crippen LogP) is 3.50. The molecule has 3 aromatic rings. The Kier molecular flexibility index (Phi) is 5.16. The lowest BCUT2D eigenvalue weighted by atomic mass is 10.1. The van der Waals surface area contributed by atoms with E-state index in [0.717, 1.165) is 22.9 Å². The van der Waals surface area contributed by atoms with Crippen LogP contribution in [0, 0.1) is 0 Å². The minimum Gasteiger partial charge on any atom is -0.321 e. The highest BCUT2D eigenvalue weighted by Crippen LogP contribution is 2.12. The van der Waals surface area contributed by atoms with E-state index >= 15 is 0 Å². The van der Waals surface area contributed by atoms with E-state index in [0.29, 0.717) is 0 Å². The molecule has 24 heavy (non-hydrogen) atoms. The van der Waals surface area contributed by atoms with Crippen molar-refractivity contribution < 1.29 is 9.48 Å². The maximum atomic E-state index is 12.2. The first-order valence-electron chi connectivity index (χ1n) is 8.38. The molecular weight excluding hydrogens is 298 g/mol. The molecule has 2 aromatic carbocycles. The second-order valence-corrected chi connectivity index (χ2v) is 5.95. The van der Waals surface area contributed by atoms with E-state index in [-0.39, 0.29) is 12.5 Å². The van der Waals surface area contributed by atoms with Gasteiger partial charge in [0.25, 0.3) is 12.5 Å². The van der Waals surface area contributed by atoms with Gasteiger partial charge in [-0.15, -0.1) is 0 Å². The van der Waals surface area contributed by atoms with Gasteiger partial charge in [-0.2, -0.15) is 0 Å². The molecular formula is C20H22N3O+. The third-order valence-electron chi connectivity index (χ3n) is 3.99. The number of unbranched alkanes of at least 4 members (excludes halogenated alkanes) is 1. The van der Waals surface area contributed by atoms with Crippen LogP contribution in [-0.2, 0) is 17.8 Å². The summed E-state index contributed by atoms with van der Waals surface area (Å²) >= 11 is 0. The topological polar surface area (TPSA) is 45.9 Å². The molecule has 0 fully saturated rings. The van der Waals surface area contributed by atoms with Gasteiger partial charge in [0.1, 0.15) is 6.20 Å². The highest BCUT2D eigenvalue weighted by Gasteiger charge is 2.12. The summed E-state index contributed by atoms with van der Waals surface area (Å²) in [7, 11) is 0. The van der Waals surface area contributed by atoms with Gasteiger partial charge in [0.15, 0.2) is 0 Å². The molecule has 4 heteroatoms. The summed E-state index contributed by atoms with van der Waals surface area (Å²) in [6.45, 7) is 2.38. The maximum Gasteiger partial charge on any atom is 0.292 e. The lowest BCUT2D eigenvalue weighted by Gasteiger charge is -2.05. The first kappa shape index (κ1) is 16.1. The lowest BCUT2D eigenvalue weighted by Crippen LogP contribution is -2.43. The quantitative estimate of drug-likeness (QED) is 0.707. The van der Waals surface area contributed by atoms with Gasteiger partial charge in [0, 0.05) is 16.5 Å². The molecule has 0 aliphatic rings. The maximum absolute atomic E-state index is 12.2. The Bertz CT molecular complexity index is 828. The Balaban J connectivity index is 1.61. The van der Waals surface area contributed by atoms with Crippen molar-refractivity contribution in [2.45, 2.75) is 32.7 Å². The van der Waals surface area contributed by atoms with Crippen LogP contribution >= 0.6 is 0 Å². The predicted molar refractivity (Wildman–Crippen MR) is 95.6 cm³/mol. The van der Waals surface area contributed by atoms with Crippen molar-refractivity contribution >= 4 is 22.4 Å². The normalized spacial score (nSPS) is 10.7. The number of nitrogens with zero attached hydrogens (tertiary/aromatic N) is 2. The monoisotopic (exact) mass is 320 g/mol. The summed E-state index contributed by atoms with van der Waals surface area (Å²) in [5.41, 5.74) is 2.13. The van der Waals surface area contributed by atoms with Gasteiger partial charge < -0.3 is 5.32 Å². The molecule has 122 valence electrons. The second kappa shape index (κ2) is 7.68. The van der Waals surface area contributed by atoms with Gasteiger partial charge in [-0.05, 0) is 41.7 Å². The molecule has 3 rings (SSSR count). The molecule has 1 aromatic heterocycles. The average Bonchev–Trinajstić information content (AvgIpc) is 2.61. The third-order valence-corrected chi connectivity index (χ3v) is 3.99. The standard InChI is InChI=1S/C20H21N3O/c1-2-3-6-16-9-11-19(12-10-16)22-20(24)15-23-14-18-8-5-4-7-17(18)13-21-23/h4-5,7-14H,2-3,6,15H2,1H3/p+1. The highest BCUT2D eigenvalue weighted by molar-refractivity contribution is 5.89. The molecule has 0 saturated carbocycles. The van der Waals surface area contributed by atoms with Crippen LogP contribution in [0.3, 0.4) is 0 Å². The number of rotatable bonds is 6. The highest BCUT2D eigenvalue weighted by atomic mass is 16.2. The Morgan fingerprint density at radius 1 is 1.08 bits per heavy atom. The molecule has 0 aliphatic heterocycles. The van der Waals surface area contributed by atoms with Gasteiger partial charge in [-0.3, -0.25) is 4.79 Å². The third kappa shape index (κ3) is 4.16. The van der Waals surface area contributed by atoms with Gasteiger partial charge >= 0.3 is 0 Å². The molecule has 0 saturated heterocycles. The van der Waals surface area contributed by atoms with Crippen LogP contribution in [0.25, 0.3) is 10.8 Å². The van der Waals surface area contributed by atoms with E-state index in [1.165, 1.54) is 18.4 Å². The summed E-state index contributed by atoms with van der Waals surface area (Å²) < 4.78 is 1.66. The van der Waals surface area contributed by atoms with Crippen molar-refractivity contribution in [2.24, 2.45) is 0 Å².